The molecular formula is C10H8BrNO2. The number of carboxylic acids is 1. The second-order valence-corrected chi connectivity index (χ2v) is 3.95. The summed E-state index contributed by atoms with van der Waals surface area (Å²) in [5.41, 5.74) is 1.24. The maximum Gasteiger partial charge on any atom is 0.337 e. The minimum absolute atomic E-state index is 0.329. The van der Waals surface area contributed by atoms with Gasteiger partial charge in [0.15, 0.2) is 0 Å². The van der Waals surface area contributed by atoms with E-state index in [4.69, 9.17) is 5.11 Å². The first-order valence-corrected chi connectivity index (χ1v) is 4.87. The van der Waals surface area contributed by atoms with E-state index in [1.54, 1.807) is 6.20 Å². The predicted octanol–water partition coefficient (Wildman–Crippen LogP) is 2.64. The summed E-state index contributed by atoms with van der Waals surface area (Å²) in [5, 5.41) is 9.74. The van der Waals surface area contributed by atoms with Crippen LogP contribution in [0.4, 0.5) is 0 Å². The molecule has 2 rings (SSSR count). The molecule has 0 atom stereocenters. The third-order valence-electron chi connectivity index (χ3n) is 2.19. The molecule has 14 heavy (non-hydrogen) atoms. The van der Waals surface area contributed by atoms with Crippen LogP contribution < -0.4 is 0 Å². The smallest absolute Gasteiger partial charge is 0.337 e. The van der Waals surface area contributed by atoms with E-state index in [0.29, 0.717) is 5.56 Å². The lowest BCUT2D eigenvalue weighted by molar-refractivity contribution is 0.0699. The molecule has 0 bridgehead atoms. The van der Waals surface area contributed by atoms with Crippen molar-refractivity contribution >= 4 is 32.8 Å². The molecule has 1 heterocycles. The third-order valence-corrected chi connectivity index (χ3v) is 2.85. The van der Waals surface area contributed by atoms with E-state index >= 15 is 0 Å². The van der Waals surface area contributed by atoms with E-state index in [1.165, 1.54) is 0 Å². The van der Waals surface area contributed by atoms with Crippen molar-refractivity contribution in [3.63, 3.8) is 0 Å². The molecule has 0 aliphatic carbocycles. The zero-order valence-electron chi connectivity index (χ0n) is 7.49. The normalized spacial score (nSPS) is 10.7. The number of aromatic nitrogens is 1. The van der Waals surface area contributed by atoms with Crippen molar-refractivity contribution in [2.45, 2.75) is 0 Å². The molecule has 1 N–H and O–H groups in total. The van der Waals surface area contributed by atoms with Crippen LogP contribution in [0.25, 0.3) is 10.9 Å². The number of benzene rings is 1. The van der Waals surface area contributed by atoms with Gasteiger partial charge in [0.1, 0.15) is 0 Å². The third kappa shape index (κ3) is 1.23. The molecule has 0 saturated heterocycles. The Morgan fingerprint density at radius 3 is 2.86 bits per heavy atom. The van der Waals surface area contributed by atoms with Gasteiger partial charge in [-0.25, -0.2) is 4.79 Å². The lowest BCUT2D eigenvalue weighted by Crippen LogP contribution is -1.94. The van der Waals surface area contributed by atoms with E-state index in [9.17, 15) is 4.79 Å². The van der Waals surface area contributed by atoms with Crippen molar-refractivity contribution in [1.82, 2.24) is 4.57 Å². The Kier molecular flexibility index (Phi) is 2.07. The first-order valence-electron chi connectivity index (χ1n) is 4.08. The fourth-order valence-electron chi connectivity index (χ4n) is 1.56. The molecule has 72 valence electrons. The summed E-state index contributed by atoms with van der Waals surface area (Å²) < 4.78 is 2.62. The monoisotopic (exact) mass is 253 g/mol. The average molecular weight is 254 g/mol. The van der Waals surface area contributed by atoms with Crippen molar-refractivity contribution in [3.8, 4) is 0 Å². The molecule has 0 fully saturated rings. The zero-order valence-corrected chi connectivity index (χ0v) is 9.08. The molecular weight excluding hydrogens is 246 g/mol. The Labute approximate surface area is 89.1 Å². The summed E-state index contributed by atoms with van der Waals surface area (Å²) in [7, 11) is 1.83. The summed E-state index contributed by atoms with van der Waals surface area (Å²) >= 11 is 3.35. The van der Waals surface area contributed by atoms with E-state index < -0.39 is 5.97 Å². The Balaban J connectivity index is 2.93. The van der Waals surface area contributed by atoms with Crippen molar-refractivity contribution in [2.24, 2.45) is 7.05 Å². The summed E-state index contributed by atoms with van der Waals surface area (Å²) in [6.07, 6.45) is 1.62. The van der Waals surface area contributed by atoms with Crippen LogP contribution in [0.15, 0.2) is 28.9 Å². The highest BCUT2D eigenvalue weighted by molar-refractivity contribution is 9.10. The molecule has 0 unspecified atom stereocenters. The molecule has 1 aromatic carbocycles. The van der Waals surface area contributed by atoms with Crippen LogP contribution in [0.1, 0.15) is 10.4 Å². The van der Waals surface area contributed by atoms with Crippen molar-refractivity contribution < 1.29 is 9.90 Å². The Morgan fingerprint density at radius 1 is 1.50 bits per heavy atom. The van der Waals surface area contributed by atoms with Crippen molar-refractivity contribution in [2.75, 3.05) is 0 Å². The molecule has 0 radical (unpaired) electrons. The molecule has 0 amide bonds. The van der Waals surface area contributed by atoms with Crippen LogP contribution in [0.3, 0.4) is 0 Å². The van der Waals surface area contributed by atoms with Crippen LogP contribution in [0, 0.1) is 0 Å². The highest BCUT2D eigenvalue weighted by Gasteiger charge is 2.14. The van der Waals surface area contributed by atoms with Crippen molar-refractivity contribution in [1.29, 1.82) is 0 Å². The number of rotatable bonds is 1. The van der Waals surface area contributed by atoms with Gasteiger partial charge in [0, 0.05) is 28.6 Å². The van der Waals surface area contributed by atoms with Gasteiger partial charge in [-0.15, -0.1) is 0 Å². The minimum atomic E-state index is -0.900. The average Bonchev–Trinajstić information content (AvgIpc) is 2.46. The molecule has 1 aromatic heterocycles. The van der Waals surface area contributed by atoms with Gasteiger partial charge in [-0.05, 0) is 12.1 Å². The second-order valence-electron chi connectivity index (χ2n) is 3.09. The molecule has 4 heteroatoms. The van der Waals surface area contributed by atoms with Gasteiger partial charge in [-0.1, -0.05) is 22.0 Å². The van der Waals surface area contributed by atoms with Crippen molar-refractivity contribution in [3.05, 3.63) is 34.4 Å². The standard InChI is InChI=1S/C10H8BrNO2/c1-12-5-6(10(13)14)9-7(11)3-2-4-8(9)12/h2-5H,1H3,(H,13,14). The van der Waals surface area contributed by atoms with Gasteiger partial charge in [0.25, 0.3) is 0 Å². The first kappa shape index (κ1) is 9.27. The molecule has 3 nitrogen and oxygen atoms in total. The van der Waals surface area contributed by atoms with Crippen LogP contribution in [-0.2, 0) is 7.05 Å². The number of halogens is 1. The molecule has 2 aromatic rings. The SMILES string of the molecule is Cn1cc(C(=O)O)c2c(Br)cccc21. The van der Waals surface area contributed by atoms with Crippen LogP contribution in [0.2, 0.25) is 0 Å². The second kappa shape index (κ2) is 3.13. The van der Waals surface area contributed by atoms with Gasteiger partial charge < -0.3 is 9.67 Å². The number of carboxylic acid groups (broad SMARTS) is 1. The molecule has 0 spiro atoms. The predicted molar refractivity (Wildman–Crippen MR) is 57.6 cm³/mol. The molecule has 0 aliphatic rings. The van der Waals surface area contributed by atoms with E-state index in [-0.39, 0.29) is 0 Å². The number of hydrogen-bond donors (Lipinski definition) is 1. The fourth-order valence-corrected chi connectivity index (χ4v) is 2.13. The highest BCUT2D eigenvalue weighted by atomic mass is 79.9. The maximum absolute atomic E-state index is 10.9. The first-order chi connectivity index (χ1) is 6.61. The summed E-state index contributed by atoms with van der Waals surface area (Å²) in [4.78, 5) is 10.9. The number of carbonyl (C=O) groups is 1. The van der Waals surface area contributed by atoms with Gasteiger partial charge in [-0.2, -0.15) is 0 Å². The quantitative estimate of drug-likeness (QED) is 0.849. The van der Waals surface area contributed by atoms with Gasteiger partial charge in [-0.3, -0.25) is 0 Å². The summed E-state index contributed by atoms with van der Waals surface area (Å²) in [5.74, 6) is -0.900. The Morgan fingerprint density at radius 2 is 2.21 bits per heavy atom. The maximum atomic E-state index is 10.9. The minimum Gasteiger partial charge on any atom is -0.478 e. The molecule has 0 aliphatic heterocycles. The lowest BCUT2D eigenvalue weighted by Gasteiger charge is -1.97. The van der Waals surface area contributed by atoms with Gasteiger partial charge in [0.2, 0.25) is 0 Å². The van der Waals surface area contributed by atoms with Crippen LogP contribution in [-0.4, -0.2) is 15.6 Å². The Hall–Kier alpha value is -1.29. The molecule has 0 saturated carbocycles. The number of nitrogens with zero attached hydrogens (tertiary/aromatic N) is 1. The van der Waals surface area contributed by atoms with E-state index in [1.807, 2.05) is 29.8 Å². The van der Waals surface area contributed by atoms with Gasteiger partial charge >= 0.3 is 5.97 Å². The van der Waals surface area contributed by atoms with E-state index in [0.717, 1.165) is 15.4 Å². The van der Waals surface area contributed by atoms with Gasteiger partial charge in [0.05, 0.1) is 5.56 Å². The topological polar surface area (TPSA) is 42.2 Å². The summed E-state index contributed by atoms with van der Waals surface area (Å²) in [6, 6.07) is 5.62. The van der Waals surface area contributed by atoms with Crippen LogP contribution in [0.5, 0.6) is 0 Å². The fraction of sp³-hybridized carbons (Fsp3) is 0.100. The van der Waals surface area contributed by atoms with E-state index in [2.05, 4.69) is 15.9 Å². The Bertz CT molecular complexity index is 516. The lowest BCUT2D eigenvalue weighted by atomic mass is 10.2. The number of aromatic carboxylic acids is 1. The number of aryl methyl sites for hydroxylation is 1. The van der Waals surface area contributed by atoms with Crippen LogP contribution >= 0.6 is 15.9 Å². The number of hydrogen-bond acceptors (Lipinski definition) is 1. The zero-order chi connectivity index (χ0) is 10.3. The highest BCUT2D eigenvalue weighted by Crippen LogP contribution is 2.28. The summed E-state index contributed by atoms with van der Waals surface area (Å²) in [6.45, 7) is 0. The largest absolute Gasteiger partial charge is 0.478 e. The number of fused-ring (bicyclic) bond motifs is 1.